The first-order chi connectivity index (χ1) is 21.6. The van der Waals surface area contributed by atoms with Crippen molar-refractivity contribution in [2.45, 2.75) is 63.6 Å². The number of nitrogens with zero attached hydrogens (tertiary/aromatic N) is 2. The van der Waals surface area contributed by atoms with Crippen LogP contribution in [0, 0.1) is 5.82 Å². The fourth-order valence-corrected chi connectivity index (χ4v) is 6.39. The molecule has 2 amide bonds. The lowest BCUT2D eigenvalue weighted by Crippen LogP contribution is -2.54. The van der Waals surface area contributed by atoms with E-state index in [0.29, 0.717) is 12.1 Å². The van der Waals surface area contributed by atoms with E-state index in [-0.39, 0.29) is 29.5 Å². The summed E-state index contributed by atoms with van der Waals surface area (Å²) < 4.78 is 44.2. The van der Waals surface area contributed by atoms with Crippen LogP contribution in [0.25, 0.3) is 0 Å². The fraction of sp³-hybridized carbons (Fsp3) is 0.278. The minimum Gasteiger partial charge on any atom is -0.352 e. The molecule has 45 heavy (non-hydrogen) atoms. The molecule has 2 atom stereocenters. The summed E-state index contributed by atoms with van der Waals surface area (Å²) in [6, 6.07) is 29.0. The van der Waals surface area contributed by atoms with Crippen molar-refractivity contribution in [2.75, 3.05) is 10.8 Å². The largest absolute Gasteiger partial charge is 0.352 e. The van der Waals surface area contributed by atoms with E-state index in [1.54, 1.807) is 48.5 Å². The number of amides is 2. The Hall–Kier alpha value is -4.50. The number of halogens is 1. The Balaban J connectivity index is 1.81. The number of sulfonamides is 1. The molecule has 236 valence electrons. The Morgan fingerprint density at radius 3 is 2.00 bits per heavy atom. The molecule has 0 aliphatic heterocycles. The number of carbonyl (C=O) groups excluding carboxylic acids is 2. The summed E-state index contributed by atoms with van der Waals surface area (Å²) in [7, 11) is -4.20. The smallest absolute Gasteiger partial charge is 0.264 e. The Bertz CT molecular complexity index is 1670. The maximum atomic E-state index is 15.0. The van der Waals surface area contributed by atoms with Crippen LogP contribution in [0.15, 0.2) is 114 Å². The average molecular weight is 630 g/mol. The second-order valence-corrected chi connectivity index (χ2v) is 12.8. The van der Waals surface area contributed by atoms with E-state index < -0.39 is 40.2 Å². The van der Waals surface area contributed by atoms with Gasteiger partial charge in [0.15, 0.2) is 0 Å². The van der Waals surface area contributed by atoms with E-state index in [1.807, 2.05) is 63.2 Å². The third-order valence-electron chi connectivity index (χ3n) is 7.81. The van der Waals surface area contributed by atoms with Gasteiger partial charge in [-0.3, -0.25) is 13.9 Å². The lowest BCUT2D eigenvalue weighted by molar-refractivity contribution is -0.140. The fourth-order valence-electron chi connectivity index (χ4n) is 4.95. The van der Waals surface area contributed by atoms with Crippen molar-refractivity contribution in [1.29, 1.82) is 0 Å². The van der Waals surface area contributed by atoms with Crippen LogP contribution in [0.3, 0.4) is 0 Å². The lowest BCUT2D eigenvalue weighted by atomic mass is 10.0. The van der Waals surface area contributed by atoms with Crippen molar-refractivity contribution < 1.29 is 22.4 Å². The van der Waals surface area contributed by atoms with Crippen LogP contribution in [0.1, 0.15) is 43.9 Å². The van der Waals surface area contributed by atoms with Crippen LogP contribution in [-0.4, -0.2) is 43.8 Å². The highest BCUT2D eigenvalue weighted by molar-refractivity contribution is 7.92. The summed E-state index contributed by atoms with van der Waals surface area (Å²) in [6.07, 6.45) is 1.58. The van der Waals surface area contributed by atoms with E-state index in [1.165, 1.54) is 23.1 Å². The standard InChI is InChI=1S/C36H40FN3O4S/c1-4-27(3)38-36(42)34(24-29-14-8-6-9-15-29)39(25-30-16-12-13-19-33(30)37)35(41)26-40(31-22-20-28(5-2)21-23-31)45(43,44)32-17-10-7-11-18-32/h6-23,27,34H,4-5,24-26H2,1-3H3,(H,38,42). The molecule has 9 heteroatoms. The lowest BCUT2D eigenvalue weighted by Gasteiger charge is -2.34. The van der Waals surface area contributed by atoms with Crippen molar-refractivity contribution >= 4 is 27.5 Å². The number of hydrogen-bond acceptors (Lipinski definition) is 4. The van der Waals surface area contributed by atoms with E-state index in [0.717, 1.165) is 21.9 Å². The minimum absolute atomic E-state index is 0.0216. The summed E-state index contributed by atoms with van der Waals surface area (Å²) in [5.74, 6) is -1.57. The average Bonchev–Trinajstić information content (AvgIpc) is 3.06. The molecule has 2 unspecified atom stereocenters. The SMILES string of the molecule is CCc1ccc(N(CC(=O)N(Cc2ccccc2F)C(Cc2ccccc2)C(=O)NC(C)CC)S(=O)(=O)c2ccccc2)cc1. The van der Waals surface area contributed by atoms with Crippen LogP contribution in [-0.2, 0) is 39.0 Å². The second kappa shape index (κ2) is 15.5. The van der Waals surface area contributed by atoms with Crippen molar-refractivity contribution in [3.8, 4) is 0 Å². The molecular formula is C36H40FN3O4S. The van der Waals surface area contributed by atoms with Crippen LogP contribution >= 0.6 is 0 Å². The van der Waals surface area contributed by atoms with Gasteiger partial charge in [-0.1, -0.05) is 92.7 Å². The van der Waals surface area contributed by atoms with Gasteiger partial charge in [0.1, 0.15) is 18.4 Å². The Morgan fingerprint density at radius 1 is 0.800 bits per heavy atom. The first-order valence-corrected chi connectivity index (χ1v) is 16.6. The van der Waals surface area contributed by atoms with Crippen LogP contribution < -0.4 is 9.62 Å². The highest BCUT2D eigenvalue weighted by Gasteiger charge is 2.35. The highest BCUT2D eigenvalue weighted by atomic mass is 32.2. The molecule has 0 aliphatic rings. The van der Waals surface area contributed by atoms with Crippen LogP contribution in [0.4, 0.5) is 10.1 Å². The molecular weight excluding hydrogens is 589 g/mol. The predicted molar refractivity (Wildman–Crippen MR) is 176 cm³/mol. The molecule has 0 heterocycles. The quantitative estimate of drug-likeness (QED) is 0.182. The van der Waals surface area contributed by atoms with Gasteiger partial charge >= 0.3 is 0 Å². The van der Waals surface area contributed by atoms with Gasteiger partial charge in [0, 0.05) is 24.6 Å². The first-order valence-electron chi connectivity index (χ1n) is 15.2. The monoisotopic (exact) mass is 629 g/mol. The highest BCUT2D eigenvalue weighted by Crippen LogP contribution is 2.26. The van der Waals surface area contributed by atoms with Gasteiger partial charge in [-0.25, -0.2) is 12.8 Å². The van der Waals surface area contributed by atoms with E-state index in [4.69, 9.17) is 0 Å². The predicted octanol–water partition coefficient (Wildman–Crippen LogP) is 6.14. The third-order valence-corrected chi connectivity index (χ3v) is 9.60. The van der Waals surface area contributed by atoms with Crippen molar-refractivity contribution in [3.63, 3.8) is 0 Å². The van der Waals surface area contributed by atoms with Crippen molar-refractivity contribution in [3.05, 3.63) is 132 Å². The first kappa shape index (κ1) is 33.4. The molecule has 0 saturated heterocycles. The van der Waals surface area contributed by atoms with Crippen molar-refractivity contribution in [1.82, 2.24) is 10.2 Å². The molecule has 0 saturated carbocycles. The second-order valence-electron chi connectivity index (χ2n) is 11.0. The van der Waals surface area contributed by atoms with Gasteiger partial charge in [-0.2, -0.15) is 0 Å². The number of rotatable bonds is 14. The summed E-state index contributed by atoms with van der Waals surface area (Å²) in [5, 5.41) is 2.98. The van der Waals surface area contributed by atoms with Gasteiger partial charge < -0.3 is 10.2 Å². The van der Waals surface area contributed by atoms with E-state index in [9.17, 15) is 18.0 Å². The molecule has 0 aromatic heterocycles. The van der Waals surface area contributed by atoms with Gasteiger partial charge in [0.2, 0.25) is 11.8 Å². The van der Waals surface area contributed by atoms with Gasteiger partial charge in [-0.15, -0.1) is 0 Å². The van der Waals surface area contributed by atoms with E-state index >= 15 is 4.39 Å². The van der Waals surface area contributed by atoms with Crippen LogP contribution in [0.5, 0.6) is 0 Å². The molecule has 0 aliphatic carbocycles. The number of carbonyl (C=O) groups is 2. The molecule has 1 N–H and O–H groups in total. The molecule has 4 rings (SSSR count). The Kier molecular flexibility index (Phi) is 11.5. The molecule has 4 aromatic carbocycles. The topological polar surface area (TPSA) is 86.8 Å². The zero-order valence-electron chi connectivity index (χ0n) is 25.9. The number of aryl methyl sites for hydroxylation is 1. The molecule has 7 nitrogen and oxygen atoms in total. The van der Waals surface area contributed by atoms with E-state index in [2.05, 4.69) is 5.32 Å². The van der Waals surface area contributed by atoms with Gasteiger partial charge in [0.25, 0.3) is 10.0 Å². The van der Waals surface area contributed by atoms with Gasteiger partial charge in [-0.05, 0) is 61.2 Å². The zero-order valence-corrected chi connectivity index (χ0v) is 26.7. The Morgan fingerprint density at radius 2 is 1.40 bits per heavy atom. The third kappa shape index (κ3) is 8.57. The normalized spacial score (nSPS) is 12.6. The molecule has 0 radical (unpaired) electrons. The molecule has 0 bridgehead atoms. The zero-order chi connectivity index (χ0) is 32.4. The number of hydrogen-bond donors (Lipinski definition) is 1. The summed E-state index contributed by atoms with van der Waals surface area (Å²) in [4.78, 5) is 29.6. The summed E-state index contributed by atoms with van der Waals surface area (Å²) >= 11 is 0. The van der Waals surface area contributed by atoms with Gasteiger partial charge in [0.05, 0.1) is 10.6 Å². The summed E-state index contributed by atoms with van der Waals surface area (Å²) in [6.45, 7) is 4.98. The molecule has 4 aromatic rings. The number of anilines is 1. The summed E-state index contributed by atoms with van der Waals surface area (Å²) in [5.41, 5.74) is 2.33. The molecule has 0 spiro atoms. The Labute approximate surface area is 265 Å². The maximum absolute atomic E-state index is 15.0. The van der Waals surface area contributed by atoms with Crippen molar-refractivity contribution in [2.24, 2.45) is 0 Å². The maximum Gasteiger partial charge on any atom is 0.264 e. The minimum atomic E-state index is -4.20. The molecule has 0 fully saturated rings. The number of nitrogens with one attached hydrogen (secondary N) is 1. The van der Waals surface area contributed by atoms with Crippen LogP contribution in [0.2, 0.25) is 0 Å². The number of benzene rings is 4.